The molecule has 1 aromatic carbocycles. The van der Waals surface area contributed by atoms with E-state index in [1.54, 1.807) is 35.4 Å². The summed E-state index contributed by atoms with van der Waals surface area (Å²) in [5.41, 5.74) is 1.51. The van der Waals surface area contributed by atoms with Crippen molar-refractivity contribution in [3.63, 3.8) is 0 Å². The fourth-order valence-electron chi connectivity index (χ4n) is 4.01. The molecule has 0 aliphatic carbocycles. The fourth-order valence-corrected chi connectivity index (χ4v) is 4.01. The zero-order valence-corrected chi connectivity index (χ0v) is 17.4. The maximum absolute atomic E-state index is 13.3. The van der Waals surface area contributed by atoms with Crippen LogP contribution in [0.3, 0.4) is 0 Å². The molecule has 8 heteroatoms. The Morgan fingerprint density at radius 3 is 2.40 bits per heavy atom. The minimum Gasteiger partial charge on any atom is -0.332 e. The molecule has 1 atom stereocenters. The number of rotatable bonds is 5. The minimum atomic E-state index is -0.403. The van der Waals surface area contributed by atoms with Gasteiger partial charge in [0.2, 0.25) is 5.91 Å². The molecule has 2 aliphatic heterocycles. The second-order valence-corrected chi connectivity index (χ2v) is 7.42. The normalized spacial score (nSPS) is 18.4. The van der Waals surface area contributed by atoms with Crippen molar-refractivity contribution in [2.24, 2.45) is 0 Å². The van der Waals surface area contributed by atoms with E-state index in [4.69, 9.17) is 0 Å². The Morgan fingerprint density at radius 1 is 1.03 bits per heavy atom. The molecular weight excluding hydrogens is 404 g/mol. The topological polar surface area (TPSA) is 82.6 Å². The van der Waals surface area contributed by atoms with Crippen molar-refractivity contribution in [2.75, 3.05) is 19.6 Å². The maximum atomic E-state index is 13.3. The molecule has 0 saturated carbocycles. The lowest BCUT2D eigenvalue weighted by Crippen LogP contribution is -2.47. The Kier molecular flexibility index (Phi) is 7.18. The third-order valence-corrected chi connectivity index (χ3v) is 5.54. The Bertz CT molecular complexity index is 879. The number of fused-ring (bicyclic) bond motifs is 1. The van der Waals surface area contributed by atoms with Gasteiger partial charge < -0.3 is 10.2 Å². The zero-order valence-electron chi connectivity index (χ0n) is 16.6. The molecule has 2 aliphatic rings. The van der Waals surface area contributed by atoms with E-state index >= 15 is 0 Å². The van der Waals surface area contributed by atoms with E-state index in [0.29, 0.717) is 17.7 Å². The molecule has 2 aromatic rings. The van der Waals surface area contributed by atoms with Crippen LogP contribution in [0, 0.1) is 0 Å². The molecule has 4 rings (SSSR count). The number of benzene rings is 1. The summed E-state index contributed by atoms with van der Waals surface area (Å²) in [6.45, 7) is 1.89. The van der Waals surface area contributed by atoms with Crippen LogP contribution in [0.4, 0.5) is 0 Å². The first kappa shape index (κ1) is 21.9. The number of carbonyl (C=O) groups excluding carboxylic acids is 3. The molecule has 3 amide bonds. The fraction of sp³-hybridized carbons (Fsp3) is 0.364. The lowest BCUT2D eigenvalue weighted by molar-refractivity contribution is -0.134. The van der Waals surface area contributed by atoms with Crippen LogP contribution in [0.25, 0.3) is 0 Å². The van der Waals surface area contributed by atoms with Gasteiger partial charge in [-0.3, -0.25) is 24.3 Å². The molecule has 3 heterocycles. The Balaban J connectivity index is 0.00000256. The molecule has 0 spiro atoms. The number of hydrogen-bond donors (Lipinski definition) is 1. The summed E-state index contributed by atoms with van der Waals surface area (Å²) in [6.07, 6.45) is 4.40. The first-order chi connectivity index (χ1) is 14.1. The highest BCUT2D eigenvalue weighted by atomic mass is 35.5. The van der Waals surface area contributed by atoms with Crippen LogP contribution < -0.4 is 5.32 Å². The summed E-state index contributed by atoms with van der Waals surface area (Å²) in [5, 5.41) is 3.36. The van der Waals surface area contributed by atoms with Crippen LogP contribution in [-0.2, 0) is 11.3 Å². The number of nitrogens with zero attached hydrogens (tertiary/aromatic N) is 3. The maximum Gasteiger partial charge on any atom is 0.262 e. The van der Waals surface area contributed by atoms with Crippen molar-refractivity contribution in [3.8, 4) is 0 Å². The Labute approximate surface area is 181 Å². The summed E-state index contributed by atoms with van der Waals surface area (Å²) in [4.78, 5) is 45.8. The lowest BCUT2D eigenvalue weighted by atomic mass is 10.1. The number of carbonyl (C=O) groups is 3. The van der Waals surface area contributed by atoms with Crippen LogP contribution in [0.2, 0.25) is 0 Å². The summed E-state index contributed by atoms with van der Waals surface area (Å²) in [7, 11) is 0. The van der Waals surface area contributed by atoms with Crippen LogP contribution in [0.5, 0.6) is 0 Å². The number of imide groups is 1. The molecule has 0 radical (unpaired) electrons. The van der Waals surface area contributed by atoms with Gasteiger partial charge in [0.15, 0.2) is 0 Å². The Hall–Kier alpha value is -2.77. The average molecular weight is 429 g/mol. The average Bonchev–Trinajstić information content (AvgIpc) is 2.93. The van der Waals surface area contributed by atoms with E-state index in [-0.39, 0.29) is 30.9 Å². The van der Waals surface area contributed by atoms with E-state index < -0.39 is 11.8 Å². The van der Waals surface area contributed by atoms with E-state index in [1.165, 1.54) is 0 Å². The van der Waals surface area contributed by atoms with Crippen molar-refractivity contribution < 1.29 is 14.4 Å². The first-order valence-corrected chi connectivity index (χ1v) is 10.0. The van der Waals surface area contributed by atoms with Gasteiger partial charge in [0.1, 0.15) is 6.54 Å². The molecule has 0 bridgehead atoms. The summed E-state index contributed by atoms with van der Waals surface area (Å²) in [6, 6.07) is 12.4. The summed E-state index contributed by atoms with van der Waals surface area (Å²) >= 11 is 0. The van der Waals surface area contributed by atoms with E-state index in [0.717, 1.165) is 42.9 Å². The molecule has 1 saturated heterocycles. The number of hydrogen-bond acceptors (Lipinski definition) is 5. The first-order valence-electron chi connectivity index (χ1n) is 10.0. The van der Waals surface area contributed by atoms with E-state index in [9.17, 15) is 14.4 Å². The molecule has 1 N–H and O–H groups in total. The number of amides is 3. The third kappa shape index (κ3) is 4.52. The van der Waals surface area contributed by atoms with E-state index in [2.05, 4.69) is 10.3 Å². The predicted molar refractivity (Wildman–Crippen MR) is 114 cm³/mol. The van der Waals surface area contributed by atoms with E-state index in [1.807, 2.05) is 18.2 Å². The van der Waals surface area contributed by atoms with Gasteiger partial charge in [-0.25, -0.2) is 0 Å². The van der Waals surface area contributed by atoms with Crippen LogP contribution in [0.15, 0.2) is 48.7 Å². The number of halogens is 1. The van der Waals surface area contributed by atoms with Gasteiger partial charge in [-0.05, 0) is 56.6 Å². The second-order valence-electron chi connectivity index (χ2n) is 7.42. The van der Waals surface area contributed by atoms with Crippen molar-refractivity contribution in [3.05, 3.63) is 65.5 Å². The van der Waals surface area contributed by atoms with Crippen LogP contribution >= 0.6 is 12.4 Å². The summed E-state index contributed by atoms with van der Waals surface area (Å²) < 4.78 is 0. The van der Waals surface area contributed by atoms with Gasteiger partial charge in [-0.1, -0.05) is 18.2 Å². The monoisotopic (exact) mass is 428 g/mol. The zero-order chi connectivity index (χ0) is 20.2. The molecular formula is C22H25ClN4O3. The number of aromatic nitrogens is 1. The minimum absolute atomic E-state index is 0. The van der Waals surface area contributed by atoms with Crippen molar-refractivity contribution >= 4 is 30.1 Å². The standard InChI is InChI=1S/C22H24N4O3.ClH/c27-20(15-26-21(28)18-8-1-2-9-19(18)22(26)29)25(14-16-6-3-4-12-24-16)17-7-5-11-23-13-10-17;/h1-4,6,8-9,12,17,23H,5,7,10-11,13-15H2;1H. The van der Waals surface area contributed by atoms with Gasteiger partial charge in [0.25, 0.3) is 11.8 Å². The lowest BCUT2D eigenvalue weighted by Gasteiger charge is -2.32. The highest BCUT2D eigenvalue weighted by Crippen LogP contribution is 2.23. The van der Waals surface area contributed by atoms with Crippen molar-refractivity contribution in [2.45, 2.75) is 31.8 Å². The highest BCUT2D eigenvalue weighted by Gasteiger charge is 2.38. The number of pyridine rings is 1. The highest BCUT2D eigenvalue weighted by molar-refractivity contribution is 6.22. The molecule has 1 aromatic heterocycles. The smallest absolute Gasteiger partial charge is 0.262 e. The van der Waals surface area contributed by atoms with Gasteiger partial charge in [-0.2, -0.15) is 0 Å². The van der Waals surface area contributed by atoms with Crippen molar-refractivity contribution in [1.82, 2.24) is 20.1 Å². The van der Waals surface area contributed by atoms with Gasteiger partial charge in [0, 0.05) is 12.2 Å². The molecule has 1 unspecified atom stereocenters. The second kappa shape index (κ2) is 9.82. The molecule has 158 valence electrons. The molecule has 7 nitrogen and oxygen atoms in total. The van der Waals surface area contributed by atoms with Crippen LogP contribution in [-0.4, -0.2) is 58.2 Å². The van der Waals surface area contributed by atoms with Gasteiger partial charge in [0.05, 0.1) is 23.4 Å². The third-order valence-electron chi connectivity index (χ3n) is 5.54. The number of nitrogens with one attached hydrogen (secondary N) is 1. The SMILES string of the molecule is Cl.O=C1c2ccccc2C(=O)N1CC(=O)N(Cc1ccccn1)C1CCCNCC1. The van der Waals surface area contributed by atoms with Crippen LogP contribution in [0.1, 0.15) is 45.7 Å². The largest absolute Gasteiger partial charge is 0.332 e. The molecule has 1 fully saturated rings. The van der Waals surface area contributed by atoms with Gasteiger partial charge >= 0.3 is 0 Å². The van der Waals surface area contributed by atoms with Crippen molar-refractivity contribution in [1.29, 1.82) is 0 Å². The Morgan fingerprint density at radius 2 is 1.73 bits per heavy atom. The quantitative estimate of drug-likeness (QED) is 0.739. The van der Waals surface area contributed by atoms with Gasteiger partial charge in [-0.15, -0.1) is 12.4 Å². The predicted octanol–water partition coefficient (Wildman–Crippen LogP) is 2.27. The molecule has 30 heavy (non-hydrogen) atoms. The summed E-state index contributed by atoms with van der Waals surface area (Å²) in [5.74, 6) is -1.03.